The molecule has 0 bridgehead atoms. The van der Waals surface area contributed by atoms with E-state index in [9.17, 15) is 4.79 Å². The van der Waals surface area contributed by atoms with Gasteiger partial charge in [0.2, 0.25) is 0 Å². The zero-order chi connectivity index (χ0) is 17.6. The summed E-state index contributed by atoms with van der Waals surface area (Å²) in [6, 6.07) is 16.0. The van der Waals surface area contributed by atoms with Gasteiger partial charge in [-0.05, 0) is 42.0 Å². The molecule has 0 saturated carbocycles. The Kier molecular flexibility index (Phi) is 5.89. The van der Waals surface area contributed by atoms with Gasteiger partial charge < -0.3 is 0 Å². The topological polar surface area (TPSA) is 42.0 Å². The second-order valence-electron chi connectivity index (χ2n) is 5.50. The molecule has 5 heteroatoms. The predicted molar refractivity (Wildman–Crippen MR) is 108 cm³/mol. The van der Waals surface area contributed by atoms with Gasteiger partial charge in [-0.3, -0.25) is 10.1 Å². The van der Waals surface area contributed by atoms with E-state index in [1.165, 1.54) is 21.8 Å². The van der Waals surface area contributed by atoms with Gasteiger partial charge in [0.1, 0.15) is 0 Å². The SMILES string of the molecule is CCSc1ccc(C(=O)Nc2nc(-c3ccc(CC)cc3)cs2)cc1. The van der Waals surface area contributed by atoms with Crippen LogP contribution in [0.15, 0.2) is 58.8 Å². The lowest BCUT2D eigenvalue weighted by Crippen LogP contribution is -2.11. The zero-order valence-electron chi connectivity index (χ0n) is 14.3. The van der Waals surface area contributed by atoms with Crippen molar-refractivity contribution >= 4 is 34.1 Å². The first-order valence-electron chi connectivity index (χ1n) is 8.28. The van der Waals surface area contributed by atoms with E-state index in [4.69, 9.17) is 0 Å². The average Bonchev–Trinajstić information content (AvgIpc) is 3.11. The van der Waals surface area contributed by atoms with Crippen molar-refractivity contribution in [2.24, 2.45) is 0 Å². The fourth-order valence-corrected chi connectivity index (χ4v) is 3.79. The van der Waals surface area contributed by atoms with Crippen LogP contribution in [0.3, 0.4) is 0 Å². The summed E-state index contributed by atoms with van der Waals surface area (Å²) in [4.78, 5) is 18.1. The van der Waals surface area contributed by atoms with Crippen LogP contribution >= 0.6 is 23.1 Å². The number of nitrogens with one attached hydrogen (secondary N) is 1. The van der Waals surface area contributed by atoms with E-state index in [1.54, 1.807) is 11.8 Å². The molecule has 0 aliphatic carbocycles. The van der Waals surface area contributed by atoms with Gasteiger partial charge in [-0.15, -0.1) is 23.1 Å². The molecule has 1 heterocycles. The van der Waals surface area contributed by atoms with Crippen molar-refractivity contribution in [1.29, 1.82) is 0 Å². The lowest BCUT2D eigenvalue weighted by molar-refractivity contribution is 0.102. The molecule has 1 N–H and O–H groups in total. The molecule has 1 amide bonds. The lowest BCUT2D eigenvalue weighted by atomic mass is 10.1. The molecule has 0 radical (unpaired) electrons. The smallest absolute Gasteiger partial charge is 0.257 e. The number of hydrogen-bond acceptors (Lipinski definition) is 4. The minimum Gasteiger partial charge on any atom is -0.298 e. The summed E-state index contributed by atoms with van der Waals surface area (Å²) in [7, 11) is 0. The number of aromatic nitrogens is 1. The fraction of sp³-hybridized carbons (Fsp3) is 0.200. The van der Waals surface area contributed by atoms with Crippen molar-refractivity contribution in [3.8, 4) is 11.3 Å². The molecule has 3 aromatic rings. The molecule has 1 aromatic heterocycles. The highest BCUT2D eigenvalue weighted by molar-refractivity contribution is 7.99. The van der Waals surface area contributed by atoms with Crippen LogP contribution in [0.25, 0.3) is 11.3 Å². The maximum Gasteiger partial charge on any atom is 0.257 e. The lowest BCUT2D eigenvalue weighted by Gasteiger charge is -2.03. The summed E-state index contributed by atoms with van der Waals surface area (Å²) in [6.45, 7) is 4.25. The normalized spacial score (nSPS) is 10.6. The molecule has 0 spiro atoms. The van der Waals surface area contributed by atoms with Crippen LogP contribution in [0.4, 0.5) is 5.13 Å². The predicted octanol–water partition coefficient (Wildman–Crippen LogP) is 5.74. The number of aryl methyl sites for hydroxylation is 1. The van der Waals surface area contributed by atoms with Crippen LogP contribution < -0.4 is 5.32 Å². The summed E-state index contributed by atoms with van der Waals surface area (Å²) in [5.74, 6) is 0.891. The van der Waals surface area contributed by atoms with E-state index in [0.717, 1.165) is 23.4 Å². The Balaban J connectivity index is 1.68. The number of anilines is 1. The van der Waals surface area contributed by atoms with Crippen molar-refractivity contribution in [1.82, 2.24) is 4.98 Å². The Morgan fingerprint density at radius 1 is 1.08 bits per heavy atom. The molecule has 0 atom stereocenters. The Bertz CT molecular complexity index is 839. The van der Waals surface area contributed by atoms with Gasteiger partial charge in [0.15, 0.2) is 5.13 Å². The molecule has 3 rings (SSSR count). The zero-order valence-corrected chi connectivity index (χ0v) is 15.9. The molecule has 0 unspecified atom stereocenters. The van der Waals surface area contributed by atoms with Crippen LogP contribution in [-0.2, 0) is 6.42 Å². The van der Waals surface area contributed by atoms with Crippen LogP contribution in [-0.4, -0.2) is 16.6 Å². The van der Waals surface area contributed by atoms with Gasteiger partial charge in [0, 0.05) is 21.4 Å². The first-order valence-corrected chi connectivity index (χ1v) is 10.1. The molecule has 0 aliphatic rings. The van der Waals surface area contributed by atoms with Crippen molar-refractivity contribution in [2.45, 2.75) is 25.2 Å². The third-order valence-corrected chi connectivity index (χ3v) is 5.46. The number of rotatable bonds is 6. The highest BCUT2D eigenvalue weighted by Gasteiger charge is 2.10. The third kappa shape index (κ3) is 4.50. The summed E-state index contributed by atoms with van der Waals surface area (Å²) in [6.07, 6.45) is 1.02. The first kappa shape index (κ1) is 17.7. The second-order valence-corrected chi connectivity index (χ2v) is 7.70. The average molecular weight is 369 g/mol. The molecule has 0 saturated heterocycles. The summed E-state index contributed by atoms with van der Waals surface area (Å²) < 4.78 is 0. The minimum absolute atomic E-state index is 0.129. The second kappa shape index (κ2) is 8.32. The maximum absolute atomic E-state index is 12.4. The van der Waals surface area contributed by atoms with E-state index in [1.807, 2.05) is 29.6 Å². The van der Waals surface area contributed by atoms with Crippen LogP contribution in [0, 0.1) is 0 Å². The highest BCUT2D eigenvalue weighted by atomic mass is 32.2. The van der Waals surface area contributed by atoms with Gasteiger partial charge in [-0.2, -0.15) is 0 Å². The Morgan fingerprint density at radius 3 is 2.44 bits per heavy atom. The molecule has 3 nitrogen and oxygen atoms in total. The molecule has 2 aromatic carbocycles. The number of carbonyl (C=O) groups is 1. The summed E-state index contributed by atoms with van der Waals surface area (Å²) >= 11 is 3.20. The van der Waals surface area contributed by atoms with E-state index < -0.39 is 0 Å². The van der Waals surface area contributed by atoms with E-state index in [-0.39, 0.29) is 5.91 Å². The fourth-order valence-electron chi connectivity index (χ4n) is 2.41. The van der Waals surface area contributed by atoms with Crippen molar-refractivity contribution < 1.29 is 4.79 Å². The number of benzene rings is 2. The first-order chi connectivity index (χ1) is 12.2. The minimum atomic E-state index is -0.129. The monoisotopic (exact) mass is 368 g/mol. The third-order valence-electron chi connectivity index (χ3n) is 3.81. The number of thioether (sulfide) groups is 1. The largest absolute Gasteiger partial charge is 0.298 e. The molecule has 0 fully saturated rings. The molecular weight excluding hydrogens is 348 g/mol. The Labute approximate surface area is 156 Å². The van der Waals surface area contributed by atoms with E-state index >= 15 is 0 Å². The van der Waals surface area contributed by atoms with E-state index in [2.05, 4.69) is 48.4 Å². The van der Waals surface area contributed by atoms with Gasteiger partial charge >= 0.3 is 0 Å². The Hall–Kier alpha value is -2.11. The van der Waals surface area contributed by atoms with Gasteiger partial charge in [0.05, 0.1) is 5.69 Å². The number of nitrogens with zero attached hydrogens (tertiary/aromatic N) is 1. The molecular formula is C20H20N2OS2. The molecule has 25 heavy (non-hydrogen) atoms. The number of hydrogen-bond donors (Lipinski definition) is 1. The molecule has 128 valence electrons. The van der Waals surface area contributed by atoms with Crippen LogP contribution in [0.1, 0.15) is 29.8 Å². The highest BCUT2D eigenvalue weighted by Crippen LogP contribution is 2.26. The number of amides is 1. The number of thiazole rings is 1. The van der Waals surface area contributed by atoms with Crippen molar-refractivity contribution in [3.05, 3.63) is 65.0 Å². The van der Waals surface area contributed by atoms with Gasteiger partial charge in [0.25, 0.3) is 5.91 Å². The van der Waals surface area contributed by atoms with Crippen LogP contribution in [0.2, 0.25) is 0 Å². The van der Waals surface area contributed by atoms with Gasteiger partial charge in [-0.25, -0.2) is 4.98 Å². The molecule has 0 aliphatic heterocycles. The maximum atomic E-state index is 12.4. The van der Waals surface area contributed by atoms with Crippen molar-refractivity contribution in [3.63, 3.8) is 0 Å². The quantitative estimate of drug-likeness (QED) is 0.564. The number of carbonyl (C=O) groups excluding carboxylic acids is 1. The summed E-state index contributed by atoms with van der Waals surface area (Å²) in [5.41, 5.74) is 3.90. The van der Waals surface area contributed by atoms with Crippen molar-refractivity contribution in [2.75, 3.05) is 11.1 Å². The summed E-state index contributed by atoms with van der Waals surface area (Å²) in [5, 5.41) is 5.47. The van der Waals surface area contributed by atoms with Gasteiger partial charge in [-0.1, -0.05) is 38.1 Å². The standard InChI is InChI=1S/C20H20N2OS2/c1-3-14-5-7-15(8-6-14)18-13-25-20(21-18)22-19(23)16-9-11-17(12-10-16)24-4-2/h5-13H,3-4H2,1-2H3,(H,21,22,23). The Morgan fingerprint density at radius 2 is 1.80 bits per heavy atom. The van der Waals surface area contributed by atoms with Crippen LogP contribution in [0.5, 0.6) is 0 Å². The van der Waals surface area contributed by atoms with E-state index in [0.29, 0.717) is 10.7 Å².